The monoisotopic (exact) mass is 677 g/mol. The zero-order valence-electron chi connectivity index (χ0n) is 31.6. The van der Waals surface area contributed by atoms with E-state index in [9.17, 15) is 24.3 Å². The second-order valence-corrected chi connectivity index (χ2v) is 12.2. The number of amides is 2. The number of aliphatic hydroxyl groups excluding tert-OH is 1. The minimum absolute atomic E-state index is 0.0287. The minimum atomic E-state index is -0.928. The third kappa shape index (κ3) is 18.0. The molecule has 0 aromatic carbocycles. The number of nitrogens with one attached hydrogen (secondary N) is 1. The van der Waals surface area contributed by atoms with Crippen LogP contribution in [0.4, 0.5) is 4.79 Å². The molecule has 0 spiro atoms. The number of primary amides is 1. The van der Waals surface area contributed by atoms with Crippen LogP contribution in [-0.4, -0.2) is 111 Å². The number of nitrogens with zero attached hydrogens (tertiary/aromatic N) is 1. The molecule has 2 rings (SSSR count). The van der Waals surface area contributed by atoms with Gasteiger partial charge in [-0.1, -0.05) is 41.5 Å². The molecule has 2 aliphatic rings. The van der Waals surface area contributed by atoms with Crippen molar-refractivity contribution in [2.75, 3.05) is 34.9 Å². The molecule has 0 radical (unpaired) electrons. The Bertz CT molecular complexity index is 895. The Morgan fingerprint density at radius 2 is 1.68 bits per heavy atom. The highest BCUT2D eigenvalue weighted by molar-refractivity contribution is 5.92. The highest BCUT2D eigenvalue weighted by atomic mass is 16.6. The Hall–Kier alpha value is -2.45. The summed E-state index contributed by atoms with van der Waals surface area (Å²) in [7, 11) is 7.14. The van der Waals surface area contributed by atoms with Crippen molar-refractivity contribution in [3.8, 4) is 0 Å². The molecule has 0 saturated carbocycles. The molecule has 6 unspecified atom stereocenters. The van der Waals surface area contributed by atoms with Gasteiger partial charge in [0, 0.05) is 44.9 Å². The van der Waals surface area contributed by atoms with Crippen molar-refractivity contribution >= 4 is 30.4 Å². The molecule has 4 N–H and O–H groups in total. The Labute approximate surface area is 283 Å². The highest BCUT2D eigenvalue weighted by Gasteiger charge is 2.50. The fraction of sp³-hybridized carbons (Fsp3) is 0.853. The summed E-state index contributed by atoms with van der Waals surface area (Å²) in [6, 6.07) is -0.0394. The van der Waals surface area contributed by atoms with Gasteiger partial charge in [-0.15, -0.1) is 0 Å². The summed E-state index contributed by atoms with van der Waals surface area (Å²) in [5.41, 5.74) is 2.56. The van der Waals surface area contributed by atoms with Crippen molar-refractivity contribution in [2.24, 2.45) is 23.5 Å². The molecule has 2 heterocycles. The molecule has 0 aliphatic carbocycles. The van der Waals surface area contributed by atoms with E-state index in [0.29, 0.717) is 25.2 Å². The van der Waals surface area contributed by atoms with Crippen LogP contribution in [-0.2, 0) is 38.1 Å². The zero-order valence-corrected chi connectivity index (χ0v) is 31.6. The van der Waals surface area contributed by atoms with Gasteiger partial charge >= 0.3 is 6.09 Å². The van der Waals surface area contributed by atoms with Crippen molar-refractivity contribution in [1.82, 2.24) is 10.2 Å². The molecule has 2 aliphatic heterocycles. The first-order chi connectivity index (χ1) is 21.9. The van der Waals surface area contributed by atoms with Gasteiger partial charge in [0.15, 0.2) is 11.9 Å². The molecule has 2 saturated heterocycles. The molecule has 13 nitrogen and oxygen atoms in total. The van der Waals surface area contributed by atoms with Crippen molar-refractivity contribution in [1.29, 1.82) is 0 Å². The number of methoxy groups -OCH3 is 2. The van der Waals surface area contributed by atoms with Crippen molar-refractivity contribution in [3.05, 3.63) is 0 Å². The van der Waals surface area contributed by atoms with E-state index in [1.165, 1.54) is 7.11 Å². The van der Waals surface area contributed by atoms with Gasteiger partial charge in [-0.3, -0.25) is 14.4 Å². The number of aldehydes is 1. The lowest BCUT2D eigenvalue weighted by molar-refractivity contribution is -0.172. The third-order valence-corrected chi connectivity index (χ3v) is 8.16. The maximum Gasteiger partial charge on any atom is 0.408 e. The van der Waals surface area contributed by atoms with Gasteiger partial charge in [0.1, 0.15) is 17.9 Å². The molecule has 47 heavy (non-hydrogen) atoms. The standard InChI is InChI=1S/C21H35NO7.C8H17NO2.2C2H6.CH3NO/c1-13(10-20(4,28-7)9-8-16(24)14(2)11-23)17(25)15(3)18-21(5,12-27-6)29-19(26)22-18;1-6-4-7(9(2)3)5-8(10)11-6;2*1-2;2-1-3/h11,13-15,18H,8-10,12H2,1-7H3,(H,22,26);6-8,10H,4-5H2,1-3H3;2*1-2H3;1H,(H2,2,3)/t13-,14?,15?,18?,20+,21-;;;;/m1..../s1. The number of ether oxygens (including phenoxy) is 4. The molecule has 0 aromatic heterocycles. The first kappa shape index (κ1) is 48.9. The summed E-state index contributed by atoms with van der Waals surface area (Å²) in [6.45, 7) is 18.9. The molecule has 0 aromatic rings. The van der Waals surface area contributed by atoms with Gasteiger partial charge in [-0.05, 0) is 61.1 Å². The van der Waals surface area contributed by atoms with E-state index in [4.69, 9.17) is 23.7 Å². The number of aliphatic hydroxyl groups is 1. The molecular formula is C34H67N3O10. The van der Waals surface area contributed by atoms with Crippen LogP contribution in [0.1, 0.15) is 101 Å². The van der Waals surface area contributed by atoms with Crippen LogP contribution in [0.5, 0.6) is 0 Å². The van der Waals surface area contributed by atoms with Crippen LogP contribution in [0.15, 0.2) is 0 Å². The second kappa shape index (κ2) is 25.6. The van der Waals surface area contributed by atoms with Crippen molar-refractivity contribution in [2.45, 2.75) is 137 Å². The number of nitrogens with two attached hydrogens (primary N) is 1. The number of carbonyl (C=O) groups is 5. The summed E-state index contributed by atoms with van der Waals surface area (Å²) in [4.78, 5) is 58.4. The molecule has 278 valence electrons. The number of Topliss-reactive ketones (excluding diaryl/α,β-unsaturated/α-hetero) is 2. The molecular weight excluding hydrogens is 610 g/mol. The molecule has 2 fully saturated rings. The van der Waals surface area contributed by atoms with E-state index >= 15 is 0 Å². The number of alkyl carbamates (subject to hydrolysis) is 1. The lowest BCUT2D eigenvalue weighted by atomic mass is 9.78. The first-order valence-electron chi connectivity index (χ1n) is 16.6. The normalized spacial score (nSPS) is 26.2. The van der Waals surface area contributed by atoms with Crippen LogP contribution in [0.3, 0.4) is 0 Å². The second-order valence-electron chi connectivity index (χ2n) is 12.2. The quantitative estimate of drug-likeness (QED) is 0.179. The van der Waals surface area contributed by atoms with Gasteiger partial charge in [-0.25, -0.2) is 4.79 Å². The fourth-order valence-electron chi connectivity index (χ4n) is 5.50. The van der Waals surface area contributed by atoms with Gasteiger partial charge in [0.2, 0.25) is 6.41 Å². The average Bonchev–Trinajstić information content (AvgIpc) is 3.34. The smallest absolute Gasteiger partial charge is 0.408 e. The van der Waals surface area contributed by atoms with Gasteiger partial charge in [0.25, 0.3) is 0 Å². The molecule has 0 bridgehead atoms. The largest absolute Gasteiger partial charge is 0.439 e. The SMILES string of the molecule is CC.CC.CC1CC(N(C)C)CC(O)O1.COC[C@@]1(C)OC(=O)NC1C(C)C(=O)[C@H](C)C[C@](C)(CCC(=O)C(C)C=O)OC.NC=O. The van der Waals surface area contributed by atoms with E-state index in [2.05, 4.69) is 16.0 Å². The third-order valence-electron chi connectivity index (χ3n) is 8.16. The lowest BCUT2D eigenvalue weighted by Gasteiger charge is -2.34. The number of cyclic esters (lactones) is 1. The minimum Gasteiger partial charge on any atom is -0.439 e. The number of ketones is 2. The highest BCUT2D eigenvalue weighted by Crippen LogP contribution is 2.33. The van der Waals surface area contributed by atoms with Crippen LogP contribution < -0.4 is 11.1 Å². The van der Waals surface area contributed by atoms with Crippen LogP contribution >= 0.6 is 0 Å². The predicted molar refractivity (Wildman–Crippen MR) is 183 cm³/mol. The van der Waals surface area contributed by atoms with Gasteiger partial charge < -0.3 is 44.8 Å². The van der Waals surface area contributed by atoms with Gasteiger partial charge in [-0.2, -0.15) is 0 Å². The molecule has 13 heteroatoms. The Balaban J connectivity index is -0.000000883. The maximum atomic E-state index is 13.1. The van der Waals surface area contributed by atoms with Crippen LogP contribution in [0, 0.1) is 17.8 Å². The van der Waals surface area contributed by atoms with E-state index < -0.39 is 41.5 Å². The summed E-state index contributed by atoms with van der Waals surface area (Å²) in [5, 5.41) is 12.0. The predicted octanol–water partition coefficient (Wildman–Crippen LogP) is 3.91. The first-order valence-corrected chi connectivity index (χ1v) is 16.6. The number of rotatable bonds is 14. The summed E-state index contributed by atoms with van der Waals surface area (Å²) in [6.07, 6.45) is 2.73. The summed E-state index contributed by atoms with van der Waals surface area (Å²) in [5.74, 6) is -1.66. The topological polar surface area (TPSA) is 184 Å². The summed E-state index contributed by atoms with van der Waals surface area (Å²) >= 11 is 0. The Morgan fingerprint density at radius 3 is 2.11 bits per heavy atom. The fourth-order valence-corrected chi connectivity index (χ4v) is 5.50. The summed E-state index contributed by atoms with van der Waals surface area (Å²) < 4.78 is 21.3. The number of hydrogen-bond donors (Lipinski definition) is 3. The van der Waals surface area contributed by atoms with Gasteiger partial charge in [0.05, 0.1) is 30.3 Å². The Morgan fingerprint density at radius 1 is 1.15 bits per heavy atom. The molecule has 2 amide bonds. The van der Waals surface area contributed by atoms with Crippen molar-refractivity contribution < 1.29 is 48.0 Å². The van der Waals surface area contributed by atoms with Crippen LogP contribution in [0.25, 0.3) is 0 Å². The van der Waals surface area contributed by atoms with Crippen molar-refractivity contribution in [3.63, 3.8) is 0 Å². The van der Waals surface area contributed by atoms with E-state index in [0.717, 1.165) is 12.8 Å². The van der Waals surface area contributed by atoms with E-state index in [1.807, 2.05) is 62.6 Å². The Kier molecular flexibility index (Phi) is 26.6. The average molecular weight is 678 g/mol. The molecule has 9 atom stereocenters. The maximum absolute atomic E-state index is 13.1. The number of carbonyl (C=O) groups excluding carboxylic acids is 5. The lowest BCUT2D eigenvalue weighted by Crippen LogP contribution is -2.51. The number of hydrogen-bond acceptors (Lipinski definition) is 11. The van der Waals surface area contributed by atoms with Crippen LogP contribution in [0.2, 0.25) is 0 Å². The zero-order chi connectivity index (χ0) is 37.5. The van der Waals surface area contributed by atoms with E-state index in [-0.39, 0.29) is 43.0 Å². The van der Waals surface area contributed by atoms with E-state index in [1.54, 1.807) is 27.9 Å².